The van der Waals surface area contributed by atoms with E-state index in [-0.39, 0.29) is 0 Å². The normalized spacial score (nSPS) is 12.2. The molecule has 0 heterocycles. The number of benzene rings is 1. The lowest BCUT2D eigenvalue weighted by Crippen LogP contribution is -2.33. The monoisotopic (exact) mass is 258 g/mol. The van der Waals surface area contributed by atoms with Gasteiger partial charge in [-0.2, -0.15) is 0 Å². The first-order valence-electron chi connectivity index (χ1n) is 5.13. The van der Waals surface area contributed by atoms with Crippen LogP contribution in [0.15, 0.2) is 18.2 Å². The zero-order chi connectivity index (χ0) is 13.3. The van der Waals surface area contributed by atoms with Crippen LogP contribution in [0.25, 0.3) is 0 Å². The Hall–Kier alpha value is -1.43. The summed E-state index contributed by atoms with van der Waals surface area (Å²) < 4.78 is 30.4. The Kier molecular flexibility index (Phi) is 3.56. The molecule has 0 aliphatic rings. The molecule has 6 heteroatoms. The molecule has 17 heavy (non-hydrogen) atoms. The summed E-state index contributed by atoms with van der Waals surface area (Å²) in [6.07, 6.45) is 0. The van der Waals surface area contributed by atoms with E-state index < -0.39 is 14.8 Å². The fourth-order valence-electron chi connectivity index (χ4n) is 1.06. The van der Waals surface area contributed by atoms with E-state index in [0.29, 0.717) is 17.1 Å². The predicted molar refractivity (Wildman–Crippen MR) is 69.7 cm³/mol. The summed E-state index contributed by atoms with van der Waals surface area (Å²) in [7, 11) is -1.94. The smallest absolute Gasteiger partial charge is 0.237 e. The van der Waals surface area contributed by atoms with Crippen molar-refractivity contribution in [1.82, 2.24) is 0 Å². The van der Waals surface area contributed by atoms with E-state index >= 15 is 0 Å². The molecular formula is C11H18N2O3S. The fourth-order valence-corrected chi connectivity index (χ4v) is 1.84. The molecule has 5 nitrogen and oxygen atoms in total. The highest BCUT2D eigenvalue weighted by Crippen LogP contribution is 2.27. The predicted octanol–water partition coefficient (Wildman–Crippen LogP) is 1.82. The van der Waals surface area contributed by atoms with Gasteiger partial charge in [-0.15, -0.1) is 0 Å². The first-order valence-corrected chi connectivity index (χ1v) is 6.61. The highest BCUT2D eigenvalue weighted by molar-refractivity contribution is 7.94. The third-order valence-electron chi connectivity index (χ3n) is 2.31. The van der Waals surface area contributed by atoms with Crippen molar-refractivity contribution in [3.05, 3.63) is 18.2 Å². The largest absolute Gasteiger partial charge is 0.497 e. The van der Waals surface area contributed by atoms with Gasteiger partial charge in [0.2, 0.25) is 10.0 Å². The number of rotatable bonds is 3. The maximum absolute atomic E-state index is 11.9. The van der Waals surface area contributed by atoms with Gasteiger partial charge in [-0.05, 0) is 32.9 Å². The van der Waals surface area contributed by atoms with E-state index in [2.05, 4.69) is 4.72 Å². The Labute approximate surface area is 102 Å². The molecule has 0 saturated carbocycles. The third kappa shape index (κ3) is 3.03. The average Bonchev–Trinajstić information content (AvgIpc) is 2.19. The SMILES string of the molecule is COc1ccc(NS(=O)(=O)C(C)(C)C)c(N)c1. The topological polar surface area (TPSA) is 81.4 Å². The lowest BCUT2D eigenvalue weighted by molar-refractivity contribution is 0.415. The number of ether oxygens (including phenoxy) is 1. The van der Waals surface area contributed by atoms with Crippen LogP contribution >= 0.6 is 0 Å². The van der Waals surface area contributed by atoms with E-state index in [1.54, 1.807) is 39.0 Å². The molecule has 1 aromatic rings. The van der Waals surface area contributed by atoms with E-state index in [1.807, 2.05) is 0 Å². The molecule has 3 N–H and O–H groups in total. The third-order valence-corrected chi connectivity index (χ3v) is 4.41. The molecule has 0 atom stereocenters. The molecule has 1 rings (SSSR count). The van der Waals surface area contributed by atoms with Crippen molar-refractivity contribution in [3.63, 3.8) is 0 Å². The first kappa shape index (κ1) is 13.6. The van der Waals surface area contributed by atoms with Crippen LogP contribution in [0.1, 0.15) is 20.8 Å². The van der Waals surface area contributed by atoms with Crippen LogP contribution < -0.4 is 15.2 Å². The lowest BCUT2D eigenvalue weighted by Gasteiger charge is -2.21. The van der Waals surface area contributed by atoms with Gasteiger partial charge in [-0.1, -0.05) is 0 Å². The average molecular weight is 258 g/mol. The van der Waals surface area contributed by atoms with Crippen LogP contribution in [0.2, 0.25) is 0 Å². The van der Waals surface area contributed by atoms with Gasteiger partial charge in [0.1, 0.15) is 5.75 Å². The van der Waals surface area contributed by atoms with Crippen LogP contribution in [0, 0.1) is 0 Å². The number of nitrogen functional groups attached to an aromatic ring is 1. The number of hydrogen-bond acceptors (Lipinski definition) is 4. The minimum Gasteiger partial charge on any atom is -0.497 e. The number of anilines is 2. The Morgan fingerprint density at radius 3 is 2.29 bits per heavy atom. The van der Waals surface area contributed by atoms with Crippen molar-refractivity contribution in [2.45, 2.75) is 25.5 Å². The van der Waals surface area contributed by atoms with Gasteiger partial charge in [-0.25, -0.2) is 8.42 Å². The van der Waals surface area contributed by atoms with Crippen molar-refractivity contribution < 1.29 is 13.2 Å². The van der Waals surface area contributed by atoms with Crippen molar-refractivity contribution in [3.8, 4) is 5.75 Å². The molecule has 0 fully saturated rings. The molecule has 0 radical (unpaired) electrons. The molecule has 0 aliphatic heterocycles. The van der Waals surface area contributed by atoms with Crippen LogP contribution in [0.3, 0.4) is 0 Å². The quantitative estimate of drug-likeness (QED) is 0.810. The molecule has 0 aromatic heterocycles. The number of nitrogens with one attached hydrogen (secondary N) is 1. The molecule has 0 unspecified atom stereocenters. The number of hydrogen-bond donors (Lipinski definition) is 2. The molecule has 1 aromatic carbocycles. The van der Waals surface area contributed by atoms with Crippen LogP contribution in [-0.4, -0.2) is 20.3 Å². The summed E-state index contributed by atoms with van der Waals surface area (Å²) in [5.74, 6) is 0.584. The van der Waals surface area contributed by atoms with Crippen molar-refractivity contribution >= 4 is 21.4 Å². The maximum Gasteiger partial charge on any atom is 0.237 e. The summed E-state index contributed by atoms with van der Waals surface area (Å²) in [6, 6.07) is 4.80. The zero-order valence-corrected chi connectivity index (χ0v) is 11.3. The summed E-state index contributed by atoms with van der Waals surface area (Å²) >= 11 is 0. The Morgan fingerprint density at radius 2 is 1.88 bits per heavy atom. The van der Waals surface area contributed by atoms with Gasteiger partial charge in [-0.3, -0.25) is 4.72 Å². The zero-order valence-electron chi connectivity index (χ0n) is 10.4. The van der Waals surface area contributed by atoms with Crippen LogP contribution in [0.4, 0.5) is 11.4 Å². The summed E-state index contributed by atoms with van der Waals surface area (Å²) in [4.78, 5) is 0. The second-order valence-electron chi connectivity index (χ2n) is 4.67. The molecular weight excluding hydrogens is 240 g/mol. The molecule has 0 spiro atoms. The molecule has 96 valence electrons. The van der Waals surface area contributed by atoms with Gasteiger partial charge in [0, 0.05) is 6.07 Å². The molecule has 0 amide bonds. The molecule has 0 saturated heterocycles. The van der Waals surface area contributed by atoms with Crippen molar-refractivity contribution in [1.29, 1.82) is 0 Å². The Balaban J connectivity index is 3.05. The summed E-state index contributed by atoms with van der Waals surface area (Å²) in [5, 5.41) is 0. The standard InChI is InChI=1S/C11H18N2O3S/c1-11(2,3)17(14,15)13-10-6-5-8(16-4)7-9(10)12/h5-7,13H,12H2,1-4H3. The Morgan fingerprint density at radius 1 is 1.29 bits per heavy atom. The van der Waals surface area contributed by atoms with Crippen molar-refractivity contribution in [2.75, 3.05) is 17.6 Å². The second-order valence-corrected chi connectivity index (χ2v) is 7.11. The number of nitrogens with two attached hydrogens (primary N) is 1. The number of methoxy groups -OCH3 is 1. The van der Waals surface area contributed by atoms with Crippen LogP contribution in [-0.2, 0) is 10.0 Å². The van der Waals surface area contributed by atoms with Gasteiger partial charge < -0.3 is 10.5 Å². The number of sulfonamides is 1. The first-order chi connectivity index (χ1) is 7.67. The van der Waals surface area contributed by atoms with E-state index in [1.165, 1.54) is 7.11 Å². The van der Waals surface area contributed by atoms with Crippen LogP contribution in [0.5, 0.6) is 5.75 Å². The minimum atomic E-state index is -3.46. The Bertz CT molecular complexity index is 504. The highest BCUT2D eigenvalue weighted by Gasteiger charge is 2.29. The van der Waals surface area contributed by atoms with Crippen molar-refractivity contribution in [2.24, 2.45) is 0 Å². The fraction of sp³-hybridized carbons (Fsp3) is 0.455. The molecule has 0 bridgehead atoms. The minimum absolute atomic E-state index is 0.331. The lowest BCUT2D eigenvalue weighted by atomic mass is 10.2. The highest BCUT2D eigenvalue weighted by atomic mass is 32.2. The van der Waals surface area contributed by atoms with Gasteiger partial charge >= 0.3 is 0 Å². The summed E-state index contributed by atoms with van der Waals surface area (Å²) in [6.45, 7) is 4.86. The molecule has 0 aliphatic carbocycles. The van der Waals surface area contributed by atoms with E-state index in [4.69, 9.17) is 10.5 Å². The maximum atomic E-state index is 11.9. The van der Waals surface area contributed by atoms with Gasteiger partial charge in [0.15, 0.2) is 0 Å². The van der Waals surface area contributed by atoms with E-state index in [0.717, 1.165) is 0 Å². The summed E-state index contributed by atoms with van der Waals surface area (Å²) in [5.41, 5.74) is 6.43. The van der Waals surface area contributed by atoms with E-state index in [9.17, 15) is 8.42 Å². The second kappa shape index (κ2) is 4.44. The van der Waals surface area contributed by atoms with Gasteiger partial charge in [0.05, 0.1) is 23.2 Å². The van der Waals surface area contributed by atoms with Gasteiger partial charge in [0.25, 0.3) is 0 Å².